The number of aliphatic hydroxyl groups is 1. The predicted octanol–water partition coefficient (Wildman–Crippen LogP) is 6.26. The first-order valence-electron chi connectivity index (χ1n) is 9.35. The van der Waals surface area contributed by atoms with Crippen molar-refractivity contribution in [3.63, 3.8) is 0 Å². The summed E-state index contributed by atoms with van der Waals surface area (Å²) in [7, 11) is 0. The zero-order valence-electron chi connectivity index (χ0n) is 17.4. The molecule has 0 bridgehead atoms. The first kappa shape index (κ1) is 21.8. The van der Waals surface area contributed by atoms with Crippen LogP contribution in [0.3, 0.4) is 0 Å². The Hall–Kier alpha value is -1.24. The van der Waals surface area contributed by atoms with Crippen molar-refractivity contribution in [1.29, 1.82) is 0 Å². The first-order valence-corrected chi connectivity index (χ1v) is 9.35. The van der Waals surface area contributed by atoms with Crippen LogP contribution < -0.4 is 0 Å². The fourth-order valence-corrected chi connectivity index (χ4v) is 2.82. The zero-order chi connectivity index (χ0) is 19.3. The lowest BCUT2D eigenvalue weighted by molar-refractivity contribution is -0.388. The van der Waals surface area contributed by atoms with Crippen LogP contribution >= 0.6 is 0 Å². The largest absolute Gasteiger partial charge is 0.511 e. The molecule has 3 nitrogen and oxygen atoms in total. The van der Waals surface area contributed by atoms with Gasteiger partial charge in [-0.15, -0.1) is 0 Å². The maximum atomic E-state index is 10.3. The highest BCUT2D eigenvalue weighted by Gasteiger charge is 2.27. The summed E-state index contributed by atoms with van der Waals surface area (Å²) in [5.41, 5.74) is 1.69. The monoisotopic (exact) mass is 348 g/mol. The Labute approximate surface area is 154 Å². The summed E-state index contributed by atoms with van der Waals surface area (Å²) >= 11 is 0. The van der Waals surface area contributed by atoms with Crippen molar-refractivity contribution < 1.29 is 14.9 Å². The summed E-state index contributed by atoms with van der Waals surface area (Å²) in [6.07, 6.45) is 6.56. The van der Waals surface area contributed by atoms with Crippen LogP contribution in [0.1, 0.15) is 87.5 Å². The Kier molecular flexibility index (Phi) is 7.35. The second-order valence-electron chi connectivity index (χ2n) is 8.84. The van der Waals surface area contributed by atoms with Crippen LogP contribution in [0.2, 0.25) is 0 Å². The number of hydrogen-bond acceptors (Lipinski definition) is 3. The van der Waals surface area contributed by atoms with E-state index < -0.39 is 5.60 Å². The molecule has 1 aliphatic carbocycles. The summed E-state index contributed by atoms with van der Waals surface area (Å²) in [6, 6.07) is 0. The summed E-state index contributed by atoms with van der Waals surface area (Å²) in [5.74, 6) is 6.37. The summed E-state index contributed by atoms with van der Waals surface area (Å²) < 4.78 is 0. The lowest BCUT2D eigenvalue weighted by Gasteiger charge is -2.33. The van der Waals surface area contributed by atoms with E-state index in [1.807, 2.05) is 40.7 Å². The second kappa shape index (κ2) is 8.43. The maximum absolute atomic E-state index is 10.3. The topological polar surface area (TPSA) is 38.7 Å². The Bertz CT molecular complexity index is 580. The molecule has 142 valence electrons. The van der Waals surface area contributed by atoms with E-state index in [-0.39, 0.29) is 11.0 Å². The van der Waals surface area contributed by atoms with Gasteiger partial charge in [-0.2, -0.15) is 0 Å². The molecule has 0 aliphatic heterocycles. The van der Waals surface area contributed by atoms with Gasteiger partial charge in [0.1, 0.15) is 5.76 Å². The van der Waals surface area contributed by atoms with Crippen molar-refractivity contribution in [3.8, 4) is 11.8 Å². The average Bonchev–Trinajstić information content (AvgIpc) is 2.49. The minimum Gasteiger partial charge on any atom is -0.511 e. The van der Waals surface area contributed by atoms with Crippen LogP contribution in [0.4, 0.5) is 0 Å². The molecule has 25 heavy (non-hydrogen) atoms. The van der Waals surface area contributed by atoms with Crippen LogP contribution in [-0.4, -0.2) is 16.3 Å². The highest BCUT2D eigenvalue weighted by Crippen LogP contribution is 2.41. The number of aliphatic hydroxyl groups excluding tert-OH is 1. The van der Waals surface area contributed by atoms with E-state index in [1.165, 1.54) is 17.6 Å². The number of allylic oxidation sites excluding steroid dienone is 4. The Morgan fingerprint density at radius 1 is 1.24 bits per heavy atom. The highest BCUT2D eigenvalue weighted by molar-refractivity contribution is 5.34. The van der Waals surface area contributed by atoms with Gasteiger partial charge < -0.3 is 5.11 Å². The van der Waals surface area contributed by atoms with Crippen molar-refractivity contribution in [1.82, 2.24) is 0 Å². The van der Waals surface area contributed by atoms with Crippen molar-refractivity contribution in [3.05, 3.63) is 23.0 Å². The molecule has 0 aromatic carbocycles. The van der Waals surface area contributed by atoms with Crippen molar-refractivity contribution in [2.45, 2.75) is 98.7 Å². The van der Waals surface area contributed by atoms with Gasteiger partial charge in [0, 0.05) is 0 Å². The van der Waals surface area contributed by atoms with E-state index in [1.54, 1.807) is 0 Å². The second-order valence-corrected chi connectivity index (χ2v) is 8.84. The molecule has 0 atom stereocenters. The van der Waals surface area contributed by atoms with Gasteiger partial charge in [0.05, 0.1) is 12.0 Å². The lowest BCUT2D eigenvalue weighted by atomic mass is 9.72. The minimum absolute atomic E-state index is 0.117. The number of rotatable bonds is 6. The van der Waals surface area contributed by atoms with E-state index in [0.29, 0.717) is 12.2 Å². The molecule has 0 amide bonds. The van der Waals surface area contributed by atoms with Gasteiger partial charge in [-0.05, 0) is 77.4 Å². The fraction of sp³-hybridized carbons (Fsp3) is 0.727. The Balaban J connectivity index is 2.73. The molecule has 1 aliphatic rings. The van der Waals surface area contributed by atoms with Crippen LogP contribution in [0, 0.1) is 17.3 Å². The van der Waals surface area contributed by atoms with Crippen LogP contribution in [0.5, 0.6) is 0 Å². The molecule has 1 rings (SSSR count). The molecule has 0 spiro atoms. The van der Waals surface area contributed by atoms with Gasteiger partial charge in [0.15, 0.2) is 5.60 Å². The van der Waals surface area contributed by atoms with E-state index >= 15 is 0 Å². The van der Waals surface area contributed by atoms with Crippen molar-refractivity contribution in [2.24, 2.45) is 5.41 Å². The molecular weight excluding hydrogens is 312 g/mol. The Morgan fingerprint density at radius 3 is 2.44 bits per heavy atom. The van der Waals surface area contributed by atoms with Crippen LogP contribution in [0.15, 0.2) is 23.0 Å². The molecule has 0 saturated carbocycles. The lowest BCUT2D eigenvalue weighted by Crippen LogP contribution is -2.31. The van der Waals surface area contributed by atoms with E-state index in [4.69, 9.17) is 9.78 Å². The normalized spacial score (nSPS) is 18.8. The van der Waals surface area contributed by atoms with Gasteiger partial charge in [-0.25, -0.2) is 9.78 Å². The van der Waals surface area contributed by atoms with Crippen molar-refractivity contribution >= 4 is 0 Å². The van der Waals surface area contributed by atoms with Gasteiger partial charge >= 0.3 is 0 Å². The molecule has 0 fully saturated rings. The standard InChI is InChI=1S/C22H36O3/c1-9-21(5,6)24-25-22(7,8)15-11-13-18(23)16-19-17(2)12-10-14-20(19,3)4/h16,23H,9-10,12-14H2,1-8H3. The predicted molar refractivity (Wildman–Crippen MR) is 104 cm³/mol. The molecule has 0 saturated heterocycles. The van der Waals surface area contributed by atoms with E-state index in [9.17, 15) is 5.11 Å². The molecule has 3 heteroatoms. The van der Waals surface area contributed by atoms with Gasteiger partial charge in [-0.1, -0.05) is 38.2 Å². The zero-order valence-corrected chi connectivity index (χ0v) is 17.4. The van der Waals surface area contributed by atoms with Crippen LogP contribution in [-0.2, 0) is 9.78 Å². The fourth-order valence-electron chi connectivity index (χ4n) is 2.82. The molecular formula is C22H36O3. The highest BCUT2D eigenvalue weighted by atomic mass is 17.2. The van der Waals surface area contributed by atoms with Gasteiger partial charge in [-0.3, -0.25) is 0 Å². The van der Waals surface area contributed by atoms with Gasteiger partial charge in [0.2, 0.25) is 0 Å². The molecule has 0 radical (unpaired) electrons. The summed E-state index contributed by atoms with van der Waals surface area (Å²) in [6.45, 7) is 16.4. The molecule has 0 unspecified atom stereocenters. The summed E-state index contributed by atoms with van der Waals surface area (Å²) in [4.78, 5) is 11.0. The molecule has 0 aromatic rings. The van der Waals surface area contributed by atoms with Crippen LogP contribution in [0.25, 0.3) is 0 Å². The molecule has 0 aromatic heterocycles. The minimum atomic E-state index is -0.716. The third-order valence-corrected chi connectivity index (χ3v) is 4.84. The quantitative estimate of drug-likeness (QED) is 0.266. The first-order chi connectivity index (χ1) is 11.4. The van der Waals surface area contributed by atoms with E-state index in [2.05, 4.69) is 32.6 Å². The third-order valence-electron chi connectivity index (χ3n) is 4.84. The Morgan fingerprint density at radius 2 is 1.88 bits per heavy atom. The van der Waals surface area contributed by atoms with Crippen molar-refractivity contribution in [2.75, 3.05) is 0 Å². The molecule has 0 heterocycles. The maximum Gasteiger partial charge on any atom is 0.158 e. The average molecular weight is 349 g/mol. The van der Waals surface area contributed by atoms with Gasteiger partial charge in [0.25, 0.3) is 0 Å². The SMILES string of the molecule is CCC(C)(C)OOC(C)(C)C#CCC(O)=CC1=C(C)CCCC1(C)C. The molecule has 1 N–H and O–H groups in total. The smallest absolute Gasteiger partial charge is 0.158 e. The third kappa shape index (κ3) is 7.26. The number of hydrogen-bond donors (Lipinski definition) is 1. The summed E-state index contributed by atoms with van der Waals surface area (Å²) in [5, 5.41) is 10.3. The van der Waals surface area contributed by atoms with E-state index in [0.717, 1.165) is 19.3 Å².